The lowest BCUT2D eigenvalue weighted by Gasteiger charge is -2.17. The fraction of sp³-hybridized carbons (Fsp3) is 0.756. The first-order valence-corrected chi connectivity index (χ1v) is 23.6. The van der Waals surface area contributed by atoms with E-state index in [-0.39, 0.29) is 83.5 Å². The second kappa shape index (κ2) is 39.3. The second-order valence-corrected chi connectivity index (χ2v) is 16.6. The number of nitrogens with one attached hydrogen (secondary N) is 5. The van der Waals surface area contributed by atoms with Gasteiger partial charge in [0, 0.05) is 45.1 Å². The number of Topliss-reactive ketones (excluding diaryl/α,β-unsaturated/α-hetero) is 1. The monoisotopic (exact) mass is 973 g/mol. The maximum Gasteiger partial charge on any atom is 0.326 e. The Balaban J connectivity index is 4.23. The molecule has 0 rings (SSSR count). The van der Waals surface area contributed by atoms with Crippen molar-refractivity contribution in [3.05, 3.63) is 0 Å². The second-order valence-electron chi connectivity index (χ2n) is 16.6. The van der Waals surface area contributed by atoms with Gasteiger partial charge < -0.3 is 67.0 Å². The van der Waals surface area contributed by atoms with Crippen LogP contribution in [0.3, 0.4) is 0 Å². The smallest absolute Gasteiger partial charge is 0.326 e. The zero-order chi connectivity index (χ0) is 51.1. The van der Waals surface area contributed by atoms with Crippen LogP contribution in [0.15, 0.2) is 0 Å². The molecule has 0 saturated heterocycles. The molecule has 0 heterocycles. The predicted molar refractivity (Wildman–Crippen MR) is 244 cm³/mol. The Labute approximate surface area is 397 Å². The summed E-state index contributed by atoms with van der Waals surface area (Å²) in [7, 11) is 0. The highest BCUT2D eigenvalue weighted by atomic mass is 16.5. The van der Waals surface area contributed by atoms with Crippen LogP contribution >= 0.6 is 0 Å². The van der Waals surface area contributed by atoms with Crippen LogP contribution in [0.2, 0.25) is 0 Å². The number of primary amides is 1. The first-order chi connectivity index (χ1) is 32.3. The number of ketones is 1. The maximum absolute atomic E-state index is 12.5. The Morgan fingerprint density at radius 3 is 1.10 bits per heavy atom. The molecule has 0 radical (unpaired) electrons. The van der Waals surface area contributed by atoms with Gasteiger partial charge in [-0.2, -0.15) is 0 Å². The summed E-state index contributed by atoms with van der Waals surface area (Å²) in [6.07, 6.45) is 13.4. The first-order valence-electron chi connectivity index (χ1n) is 23.6. The summed E-state index contributed by atoms with van der Waals surface area (Å²) >= 11 is 0. The number of rotatable bonds is 45. The molecule has 68 heavy (non-hydrogen) atoms. The fourth-order valence-electron chi connectivity index (χ4n) is 6.69. The molecular weight excluding hydrogens is 897 g/mol. The third-order valence-electron chi connectivity index (χ3n) is 10.5. The summed E-state index contributed by atoms with van der Waals surface area (Å²) in [5.41, 5.74) is 4.99. The van der Waals surface area contributed by atoms with Crippen LogP contribution in [0.4, 0.5) is 0 Å². The minimum absolute atomic E-state index is 0.00398. The minimum Gasteiger partial charge on any atom is -0.480 e. The van der Waals surface area contributed by atoms with Crippen molar-refractivity contribution in [1.29, 1.82) is 0 Å². The van der Waals surface area contributed by atoms with Crippen LogP contribution in [0, 0.1) is 0 Å². The molecule has 11 N–H and O–H groups in total. The largest absolute Gasteiger partial charge is 0.480 e. The Morgan fingerprint density at radius 1 is 0.397 bits per heavy atom. The van der Waals surface area contributed by atoms with E-state index >= 15 is 0 Å². The van der Waals surface area contributed by atoms with E-state index in [1.807, 2.05) is 0 Å². The molecule has 0 spiro atoms. The third-order valence-corrected chi connectivity index (χ3v) is 10.5. The van der Waals surface area contributed by atoms with Gasteiger partial charge in [-0.05, 0) is 45.4 Å². The molecule has 388 valence electrons. The Morgan fingerprint density at radius 2 is 0.721 bits per heavy atom. The predicted octanol–water partition coefficient (Wildman–Crippen LogP) is 1.85. The van der Waals surface area contributed by atoms with E-state index in [1.165, 1.54) is 44.9 Å². The molecule has 0 aliphatic heterocycles. The number of carbonyl (C=O) groups excluding carboxylic acids is 7. The van der Waals surface area contributed by atoms with E-state index in [0.717, 1.165) is 38.5 Å². The number of hydrogen-bond acceptors (Lipinski definition) is 13. The Hall–Kier alpha value is -5.71. The lowest BCUT2D eigenvalue weighted by Crippen LogP contribution is -2.45. The van der Waals surface area contributed by atoms with Crippen LogP contribution in [0.5, 0.6) is 0 Å². The highest BCUT2D eigenvalue weighted by molar-refractivity contribution is 5.88. The van der Waals surface area contributed by atoms with Crippen molar-refractivity contribution in [3.8, 4) is 0 Å². The average Bonchev–Trinajstić information content (AvgIpc) is 3.26. The van der Waals surface area contributed by atoms with Crippen LogP contribution < -0.4 is 32.3 Å². The van der Waals surface area contributed by atoms with Gasteiger partial charge in [0.25, 0.3) is 0 Å². The zero-order valence-electron chi connectivity index (χ0n) is 39.5. The van der Waals surface area contributed by atoms with Gasteiger partial charge in [0.15, 0.2) is 0 Å². The van der Waals surface area contributed by atoms with Crippen molar-refractivity contribution in [2.24, 2.45) is 5.73 Å². The van der Waals surface area contributed by atoms with Crippen molar-refractivity contribution in [3.63, 3.8) is 0 Å². The van der Waals surface area contributed by atoms with Crippen LogP contribution in [0.25, 0.3) is 0 Å². The number of carbonyl (C=O) groups is 11. The lowest BCUT2D eigenvalue weighted by atomic mass is 10.0. The van der Waals surface area contributed by atoms with Gasteiger partial charge in [-0.1, -0.05) is 77.0 Å². The van der Waals surface area contributed by atoms with Crippen molar-refractivity contribution in [2.75, 3.05) is 33.0 Å². The molecular formula is C45H76N6O17. The molecule has 0 aromatic heterocycles. The minimum atomic E-state index is -1.49. The average molecular weight is 973 g/mol. The molecule has 0 aliphatic carbocycles. The summed E-state index contributed by atoms with van der Waals surface area (Å²) in [5, 5.41) is 49.3. The quantitative estimate of drug-likeness (QED) is 0.0389. The van der Waals surface area contributed by atoms with Crippen LogP contribution in [-0.2, 0) is 62.2 Å². The number of amides is 6. The molecule has 4 atom stereocenters. The summed E-state index contributed by atoms with van der Waals surface area (Å²) < 4.78 is 10.4. The number of unbranched alkanes of at least 4 members (excludes halogenated alkanes) is 13. The van der Waals surface area contributed by atoms with E-state index in [2.05, 4.69) is 26.6 Å². The van der Waals surface area contributed by atoms with Gasteiger partial charge in [-0.15, -0.1) is 0 Å². The molecule has 23 heteroatoms. The molecule has 0 bridgehead atoms. The zero-order valence-corrected chi connectivity index (χ0v) is 39.5. The molecule has 0 fully saturated rings. The van der Waals surface area contributed by atoms with E-state index in [0.29, 0.717) is 12.8 Å². The number of hydrogen-bond donors (Lipinski definition) is 10. The fourth-order valence-corrected chi connectivity index (χ4v) is 6.69. The number of aliphatic carboxylic acids is 4. The number of carboxylic acid groups (broad SMARTS) is 4. The highest BCUT2D eigenvalue weighted by Crippen LogP contribution is 2.14. The number of ether oxygens (including phenoxy) is 2. The maximum atomic E-state index is 12.5. The van der Waals surface area contributed by atoms with Crippen molar-refractivity contribution in [1.82, 2.24) is 26.6 Å². The van der Waals surface area contributed by atoms with Crippen molar-refractivity contribution >= 4 is 65.1 Å². The van der Waals surface area contributed by atoms with Gasteiger partial charge in [0.1, 0.15) is 36.6 Å². The Bertz CT molecular complexity index is 1600. The third kappa shape index (κ3) is 36.4. The molecule has 0 unspecified atom stereocenters. The van der Waals surface area contributed by atoms with Gasteiger partial charge in [0.2, 0.25) is 35.4 Å². The van der Waals surface area contributed by atoms with E-state index in [9.17, 15) is 73.2 Å². The van der Waals surface area contributed by atoms with E-state index < -0.39 is 96.5 Å². The van der Waals surface area contributed by atoms with E-state index in [1.54, 1.807) is 6.92 Å². The molecule has 0 saturated carbocycles. The summed E-state index contributed by atoms with van der Waals surface area (Å²) in [6, 6.07) is -5.69. The van der Waals surface area contributed by atoms with Crippen LogP contribution in [-0.4, -0.2) is 143 Å². The topological polar surface area (TPSA) is 373 Å². The molecule has 0 aromatic carbocycles. The number of nitrogens with two attached hydrogens (primary N) is 1. The summed E-state index contributed by atoms with van der Waals surface area (Å²) in [6.45, 7) is 0.972. The van der Waals surface area contributed by atoms with Crippen LogP contribution in [0.1, 0.15) is 161 Å². The standard InChI is InChI=1S/C45H76N6O17/c1-31(52)16-14-12-10-8-6-4-2-3-5-7-9-11-13-15-17-38(55)48-34(44(63)64)20-24-40(57)50-33(43(61)62)19-23-37(54)47-26-27-67-28-29-68-30-41(58)51-35(45(65)66)21-25-39(56)49-32(42(59)60)18-22-36(46)53/h32-35H,2-30H2,1H3,(H2,46,53)(H,47,54)(H,48,55)(H,49,56)(H,50,57)(H,51,58)(H,59,60)(H,61,62)(H,63,64)(H,65,66)/t32-,33-,34-,35-/m0/s1. The van der Waals surface area contributed by atoms with E-state index in [4.69, 9.17) is 15.2 Å². The summed E-state index contributed by atoms with van der Waals surface area (Å²) in [4.78, 5) is 130. The summed E-state index contributed by atoms with van der Waals surface area (Å²) in [5.74, 6) is -9.49. The normalized spacial score (nSPS) is 12.7. The number of carboxylic acids is 4. The van der Waals surface area contributed by atoms with Crippen molar-refractivity contribution < 1.29 is 82.6 Å². The van der Waals surface area contributed by atoms with Gasteiger partial charge in [-0.25, -0.2) is 19.2 Å². The van der Waals surface area contributed by atoms with Gasteiger partial charge in [0.05, 0.1) is 19.8 Å². The SMILES string of the molecule is CC(=O)CCCCCCCCCCCCCCCCC(=O)N[C@@H](CCC(=O)N[C@@H](CCC(=O)NCCOCCOCC(=O)N[C@@H](CCC(=O)N[C@@H](CCC(N)=O)C(=O)O)C(=O)O)C(=O)O)C(=O)O. The molecule has 6 amide bonds. The Kier molecular flexibility index (Phi) is 36.0. The highest BCUT2D eigenvalue weighted by Gasteiger charge is 2.26. The first kappa shape index (κ1) is 62.3. The molecule has 23 nitrogen and oxygen atoms in total. The molecule has 0 aliphatic rings. The van der Waals surface area contributed by atoms with Gasteiger partial charge in [-0.3, -0.25) is 28.8 Å². The van der Waals surface area contributed by atoms with Crippen molar-refractivity contribution in [2.45, 2.75) is 185 Å². The lowest BCUT2D eigenvalue weighted by molar-refractivity contribution is -0.144. The molecule has 0 aromatic rings. The van der Waals surface area contributed by atoms with Gasteiger partial charge >= 0.3 is 23.9 Å².